The van der Waals surface area contributed by atoms with Crippen LogP contribution in [0.1, 0.15) is 44.6 Å². The number of hydrogen-bond acceptors (Lipinski definition) is 3. The molecular formula is C14H20FNO3. The molecule has 0 fully saturated rings. The van der Waals surface area contributed by atoms with Crippen LogP contribution in [0.4, 0.5) is 10.1 Å². The zero-order chi connectivity index (χ0) is 14.1. The zero-order valence-corrected chi connectivity index (χ0v) is 11.2. The molecule has 5 heteroatoms. The lowest BCUT2D eigenvalue weighted by molar-refractivity contribution is -0.387. The highest BCUT2D eigenvalue weighted by Gasteiger charge is 2.13. The van der Waals surface area contributed by atoms with E-state index in [1.807, 2.05) is 0 Å². The topological polar surface area (TPSA) is 52.4 Å². The van der Waals surface area contributed by atoms with Gasteiger partial charge in [0.15, 0.2) is 0 Å². The van der Waals surface area contributed by atoms with Crippen molar-refractivity contribution >= 4 is 5.69 Å². The molecule has 0 amide bonds. The molecule has 0 atom stereocenters. The smallest absolute Gasteiger partial charge is 0.304 e. The summed E-state index contributed by atoms with van der Waals surface area (Å²) in [6, 6.07) is 3.86. The molecule has 0 spiro atoms. The summed E-state index contributed by atoms with van der Waals surface area (Å²) in [7, 11) is 0. The van der Waals surface area contributed by atoms with Gasteiger partial charge in [0.25, 0.3) is 0 Å². The maximum atomic E-state index is 13.3. The second-order valence-corrected chi connectivity index (χ2v) is 4.51. The van der Waals surface area contributed by atoms with Gasteiger partial charge < -0.3 is 4.74 Å². The Morgan fingerprint density at radius 1 is 1.26 bits per heavy atom. The van der Waals surface area contributed by atoms with Crippen LogP contribution in [0.5, 0.6) is 0 Å². The van der Waals surface area contributed by atoms with Gasteiger partial charge in [-0.3, -0.25) is 10.1 Å². The van der Waals surface area contributed by atoms with Gasteiger partial charge in [-0.2, -0.15) is 4.39 Å². The van der Waals surface area contributed by atoms with Crippen LogP contribution >= 0.6 is 0 Å². The number of rotatable bonds is 9. The van der Waals surface area contributed by atoms with Crippen molar-refractivity contribution in [2.75, 3.05) is 6.61 Å². The van der Waals surface area contributed by atoms with Crippen molar-refractivity contribution in [3.63, 3.8) is 0 Å². The van der Waals surface area contributed by atoms with Gasteiger partial charge in [-0.1, -0.05) is 32.6 Å². The predicted molar refractivity (Wildman–Crippen MR) is 71.5 cm³/mol. The first-order chi connectivity index (χ1) is 9.15. The van der Waals surface area contributed by atoms with E-state index < -0.39 is 16.4 Å². The number of nitro groups is 1. The predicted octanol–water partition coefficient (Wildman–Crippen LogP) is 4.22. The Balaban J connectivity index is 2.26. The van der Waals surface area contributed by atoms with E-state index in [1.54, 1.807) is 0 Å². The molecule has 0 aromatic heterocycles. The normalized spacial score (nSPS) is 10.6. The molecule has 106 valence electrons. The minimum absolute atomic E-state index is 0.294. The van der Waals surface area contributed by atoms with E-state index in [2.05, 4.69) is 6.92 Å². The first-order valence-corrected chi connectivity index (χ1v) is 6.65. The van der Waals surface area contributed by atoms with Gasteiger partial charge in [-0.05, 0) is 24.1 Å². The van der Waals surface area contributed by atoms with Gasteiger partial charge in [0.05, 0.1) is 11.5 Å². The highest BCUT2D eigenvalue weighted by molar-refractivity contribution is 5.34. The molecule has 0 aliphatic carbocycles. The van der Waals surface area contributed by atoms with E-state index in [1.165, 1.54) is 31.4 Å². The van der Waals surface area contributed by atoms with Gasteiger partial charge in [0.2, 0.25) is 5.82 Å². The quantitative estimate of drug-likeness (QED) is 0.383. The number of benzene rings is 1. The molecule has 0 heterocycles. The molecular weight excluding hydrogens is 249 g/mol. The SMILES string of the molecule is CCCCCCCOCc1ccc([N+](=O)[O-])c(F)c1. The van der Waals surface area contributed by atoms with E-state index in [0.717, 1.165) is 18.9 Å². The third-order valence-corrected chi connectivity index (χ3v) is 2.87. The Kier molecular flexibility index (Phi) is 7.03. The first kappa shape index (κ1) is 15.6. The number of halogens is 1. The van der Waals surface area contributed by atoms with Crippen LogP contribution in [0.3, 0.4) is 0 Å². The van der Waals surface area contributed by atoms with Crippen LogP contribution in [-0.4, -0.2) is 11.5 Å². The van der Waals surface area contributed by atoms with Crippen molar-refractivity contribution in [2.45, 2.75) is 45.6 Å². The van der Waals surface area contributed by atoms with Crippen molar-refractivity contribution in [3.8, 4) is 0 Å². The molecule has 0 unspecified atom stereocenters. The fraction of sp³-hybridized carbons (Fsp3) is 0.571. The molecule has 19 heavy (non-hydrogen) atoms. The average Bonchev–Trinajstić information content (AvgIpc) is 2.37. The molecule has 0 N–H and O–H groups in total. The van der Waals surface area contributed by atoms with Gasteiger partial charge in [0.1, 0.15) is 0 Å². The molecule has 0 bridgehead atoms. The number of nitro benzene ring substituents is 1. The molecule has 0 saturated heterocycles. The monoisotopic (exact) mass is 269 g/mol. The highest BCUT2D eigenvalue weighted by Crippen LogP contribution is 2.18. The minimum atomic E-state index is -0.811. The van der Waals surface area contributed by atoms with Crippen LogP contribution in [0, 0.1) is 15.9 Å². The summed E-state index contributed by atoms with van der Waals surface area (Å²) in [6.07, 6.45) is 5.81. The fourth-order valence-corrected chi connectivity index (χ4v) is 1.79. The van der Waals surface area contributed by atoms with E-state index in [4.69, 9.17) is 4.74 Å². The van der Waals surface area contributed by atoms with Gasteiger partial charge in [-0.25, -0.2) is 0 Å². The zero-order valence-electron chi connectivity index (χ0n) is 11.2. The molecule has 0 aliphatic rings. The summed E-state index contributed by atoms with van der Waals surface area (Å²) in [5, 5.41) is 10.5. The van der Waals surface area contributed by atoms with Gasteiger partial charge in [0, 0.05) is 12.7 Å². The molecule has 0 saturated carbocycles. The van der Waals surface area contributed by atoms with E-state index in [0.29, 0.717) is 18.8 Å². The van der Waals surface area contributed by atoms with Crippen LogP contribution in [0.15, 0.2) is 18.2 Å². The van der Waals surface area contributed by atoms with Gasteiger partial charge in [-0.15, -0.1) is 0 Å². The maximum Gasteiger partial charge on any atom is 0.304 e. The summed E-state index contributed by atoms with van der Waals surface area (Å²) in [5.74, 6) is -0.811. The van der Waals surface area contributed by atoms with Crippen LogP contribution in [-0.2, 0) is 11.3 Å². The van der Waals surface area contributed by atoms with Crippen LogP contribution in [0.25, 0.3) is 0 Å². The van der Waals surface area contributed by atoms with Crippen LogP contribution in [0.2, 0.25) is 0 Å². The van der Waals surface area contributed by atoms with E-state index >= 15 is 0 Å². The summed E-state index contributed by atoms with van der Waals surface area (Å²) in [4.78, 5) is 9.72. The number of ether oxygens (including phenoxy) is 1. The molecule has 4 nitrogen and oxygen atoms in total. The summed E-state index contributed by atoms with van der Waals surface area (Å²) in [5.41, 5.74) is 0.125. The third-order valence-electron chi connectivity index (χ3n) is 2.87. The molecule has 1 rings (SSSR count). The molecule has 0 aliphatic heterocycles. The number of nitrogens with zero attached hydrogens (tertiary/aromatic N) is 1. The van der Waals surface area contributed by atoms with Crippen LogP contribution < -0.4 is 0 Å². The van der Waals surface area contributed by atoms with E-state index in [9.17, 15) is 14.5 Å². The molecule has 1 aromatic rings. The minimum Gasteiger partial charge on any atom is -0.377 e. The second-order valence-electron chi connectivity index (χ2n) is 4.51. The Labute approximate surface area is 112 Å². The molecule has 1 aromatic carbocycles. The lowest BCUT2D eigenvalue weighted by Crippen LogP contribution is -1.98. The largest absolute Gasteiger partial charge is 0.377 e. The Bertz CT molecular complexity index is 410. The Morgan fingerprint density at radius 3 is 2.63 bits per heavy atom. The van der Waals surface area contributed by atoms with Crippen molar-refractivity contribution in [1.29, 1.82) is 0 Å². The van der Waals surface area contributed by atoms with Crippen molar-refractivity contribution in [2.24, 2.45) is 0 Å². The average molecular weight is 269 g/mol. The van der Waals surface area contributed by atoms with Gasteiger partial charge >= 0.3 is 5.69 Å². The fourth-order valence-electron chi connectivity index (χ4n) is 1.79. The maximum absolute atomic E-state index is 13.3. The Hall–Kier alpha value is -1.49. The highest BCUT2D eigenvalue weighted by atomic mass is 19.1. The van der Waals surface area contributed by atoms with Crippen molar-refractivity contribution < 1.29 is 14.1 Å². The van der Waals surface area contributed by atoms with Crippen molar-refractivity contribution in [1.82, 2.24) is 0 Å². The summed E-state index contributed by atoms with van der Waals surface area (Å²) in [6.45, 7) is 3.10. The van der Waals surface area contributed by atoms with Crippen molar-refractivity contribution in [3.05, 3.63) is 39.7 Å². The standard InChI is InChI=1S/C14H20FNO3/c1-2-3-4-5-6-9-19-11-12-7-8-14(16(17)18)13(15)10-12/h7-8,10H,2-6,9,11H2,1H3. The third kappa shape index (κ3) is 5.79. The number of hydrogen-bond donors (Lipinski definition) is 0. The second kappa shape index (κ2) is 8.58. The lowest BCUT2D eigenvalue weighted by atomic mass is 10.2. The van der Waals surface area contributed by atoms with E-state index in [-0.39, 0.29) is 0 Å². The lowest BCUT2D eigenvalue weighted by Gasteiger charge is -2.04. The molecule has 0 radical (unpaired) electrons. The Morgan fingerprint density at radius 2 is 2.00 bits per heavy atom. The summed E-state index contributed by atoms with van der Waals surface area (Å²) < 4.78 is 18.7. The number of unbranched alkanes of at least 4 members (excludes halogenated alkanes) is 4. The first-order valence-electron chi connectivity index (χ1n) is 6.65. The summed E-state index contributed by atoms with van der Waals surface area (Å²) >= 11 is 0.